The van der Waals surface area contributed by atoms with E-state index in [1.807, 2.05) is 6.07 Å². The fraction of sp³-hybridized carbons (Fsp3) is 0.462. The Labute approximate surface area is 136 Å². The topological polar surface area (TPSA) is 72.3 Å². The molecule has 1 heterocycles. The average Bonchev–Trinajstić information content (AvgIpc) is 2.39. The van der Waals surface area contributed by atoms with Crippen LogP contribution in [0.4, 0.5) is 5.69 Å². The van der Waals surface area contributed by atoms with Gasteiger partial charge in [0.05, 0.1) is 5.56 Å². The molecule has 4 nitrogen and oxygen atoms in total. The highest BCUT2D eigenvalue weighted by Gasteiger charge is 2.21. The van der Waals surface area contributed by atoms with E-state index in [1.54, 1.807) is 12.1 Å². The number of anilines is 1. The summed E-state index contributed by atoms with van der Waals surface area (Å²) in [4.78, 5) is 13.6. The molecular weight excluding hydrogens is 321 g/mol. The third-order valence-corrected chi connectivity index (χ3v) is 3.75. The molecule has 114 valence electrons. The minimum absolute atomic E-state index is 0. The number of primary amides is 1. The van der Waals surface area contributed by atoms with Gasteiger partial charge in [-0.3, -0.25) is 4.79 Å². The van der Waals surface area contributed by atoms with E-state index in [4.69, 9.17) is 23.1 Å². The number of hydrogen-bond donors (Lipinski definition) is 2. The van der Waals surface area contributed by atoms with Crippen LogP contribution in [0, 0.1) is 5.92 Å². The van der Waals surface area contributed by atoms with Crippen molar-refractivity contribution in [3.63, 3.8) is 0 Å². The molecule has 0 saturated carbocycles. The molecule has 0 bridgehead atoms. The second-order valence-electron chi connectivity index (χ2n) is 4.69. The largest absolute Gasteiger partial charge is 0.371 e. The first-order valence-corrected chi connectivity index (χ1v) is 6.54. The molecule has 7 heteroatoms. The molecule has 1 fully saturated rings. The van der Waals surface area contributed by atoms with Crippen molar-refractivity contribution in [3.8, 4) is 0 Å². The third-order valence-electron chi connectivity index (χ3n) is 3.51. The number of nitrogens with two attached hydrogens (primary N) is 2. The lowest BCUT2D eigenvalue weighted by atomic mass is 9.96. The molecule has 0 aliphatic carbocycles. The second-order valence-corrected chi connectivity index (χ2v) is 5.13. The van der Waals surface area contributed by atoms with Crippen LogP contribution in [0.2, 0.25) is 5.02 Å². The lowest BCUT2D eigenvalue weighted by Crippen LogP contribution is -2.37. The molecule has 1 aliphatic heterocycles. The van der Waals surface area contributed by atoms with Crippen molar-refractivity contribution >= 4 is 48.0 Å². The Bertz CT molecular complexity index is 448. The van der Waals surface area contributed by atoms with Crippen molar-refractivity contribution < 1.29 is 4.79 Å². The van der Waals surface area contributed by atoms with Crippen molar-refractivity contribution in [1.82, 2.24) is 0 Å². The van der Waals surface area contributed by atoms with E-state index < -0.39 is 5.91 Å². The predicted octanol–water partition coefficient (Wildman–Crippen LogP) is 2.46. The summed E-state index contributed by atoms with van der Waals surface area (Å²) in [5.41, 5.74) is 12.4. The van der Waals surface area contributed by atoms with Crippen molar-refractivity contribution in [2.45, 2.75) is 12.8 Å². The van der Waals surface area contributed by atoms with Crippen LogP contribution in [-0.4, -0.2) is 25.5 Å². The van der Waals surface area contributed by atoms with Gasteiger partial charge in [-0.15, -0.1) is 24.8 Å². The minimum Gasteiger partial charge on any atom is -0.371 e. The summed E-state index contributed by atoms with van der Waals surface area (Å²) in [6.07, 6.45) is 2.11. The summed E-state index contributed by atoms with van der Waals surface area (Å²) in [5.74, 6) is 0.152. The number of piperidine rings is 1. The fourth-order valence-corrected chi connectivity index (χ4v) is 2.56. The Morgan fingerprint density at radius 3 is 2.40 bits per heavy atom. The molecule has 0 aromatic heterocycles. The summed E-state index contributed by atoms with van der Waals surface area (Å²) in [6.45, 7) is 2.55. The number of benzene rings is 1. The Morgan fingerprint density at radius 1 is 1.30 bits per heavy atom. The maximum atomic E-state index is 11.5. The molecule has 1 aromatic carbocycles. The van der Waals surface area contributed by atoms with Gasteiger partial charge in [-0.1, -0.05) is 11.6 Å². The molecule has 0 atom stereocenters. The minimum atomic E-state index is -0.437. The van der Waals surface area contributed by atoms with Crippen LogP contribution in [-0.2, 0) is 0 Å². The lowest BCUT2D eigenvalue weighted by molar-refractivity contribution is 0.100. The van der Waals surface area contributed by atoms with Gasteiger partial charge in [-0.2, -0.15) is 0 Å². The number of hydrogen-bond acceptors (Lipinski definition) is 3. The fourth-order valence-electron chi connectivity index (χ4n) is 2.39. The summed E-state index contributed by atoms with van der Waals surface area (Å²) < 4.78 is 0. The molecule has 20 heavy (non-hydrogen) atoms. The molecule has 1 saturated heterocycles. The third kappa shape index (κ3) is 4.42. The highest BCUT2D eigenvalue weighted by Crippen LogP contribution is 2.28. The summed E-state index contributed by atoms with van der Waals surface area (Å²) in [7, 11) is 0. The van der Waals surface area contributed by atoms with Gasteiger partial charge >= 0.3 is 0 Å². The molecule has 4 N–H and O–H groups in total. The lowest BCUT2D eigenvalue weighted by Gasteiger charge is -2.34. The van der Waals surface area contributed by atoms with Gasteiger partial charge in [0, 0.05) is 23.8 Å². The zero-order chi connectivity index (χ0) is 13.1. The molecular formula is C13H20Cl3N3O. The highest BCUT2D eigenvalue weighted by molar-refractivity contribution is 6.31. The van der Waals surface area contributed by atoms with E-state index in [0.717, 1.165) is 38.2 Å². The smallest absolute Gasteiger partial charge is 0.250 e. The standard InChI is InChI=1S/C13H18ClN3O.2ClH/c14-10-1-2-12(11(7-10)13(16)18)17-5-3-9(8-15)4-6-17;;/h1-2,7,9H,3-6,8,15H2,(H2,16,18);2*1H. The van der Waals surface area contributed by atoms with Crippen LogP contribution >= 0.6 is 36.4 Å². The number of carbonyl (C=O) groups excluding carboxylic acids is 1. The first-order valence-electron chi connectivity index (χ1n) is 6.16. The maximum absolute atomic E-state index is 11.5. The van der Waals surface area contributed by atoms with Crippen LogP contribution in [0.15, 0.2) is 18.2 Å². The molecule has 0 radical (unpaired) electrons. The van der Waals surface area contributed by atoms with Crippen LogP contribution in [0.5, 0.6) is 0 Å². The number of halogens is 3. The van der Waals surface area contributed by atoms with Crippen LogP contribution in [0.1, 0.15) is 23.2 Å². The zero-order valence-corrected chi connectivity index (χ0v) is 13.4. The van der Waals surface area contributed by atoms with Crippen LogP contribution in [0.25, 0.3) is 0 Å². The van der Waals surface area contributed by atoms with E-state index in [0.29, 0.717) is 16.5 Å². The molecule has 0 spiro atoms. The maximum Gasteiger partial charge on any atom is 0.250 e. The van der Waals surface area contributed by atoms with Crippen molar-refractivity contribution in [2.75, 3.05) is 24.5 Å². The Morgan fingerprint density at radius 2 is 1.90 bits per heavy atom. The first-order chi connectivity index (χ1) is 8.61. The van der Waals surface area contributed by atoms with Gasteiger partial charge < -0.3 is 16.4 Å². The first kappa shape index (κ1) is 19.3. The number of amides is 1. The zero-order valence-electron chi connectivity index (χ0n) is 11.0. The van der Waals surface area contributed by atoms with Gasteiger partial charge in [-0.05, 0) is 43.5 Å². The molecule has 1 aliphatic rings. The summed E-state index contributed by atoms with van der Waals surface area (Å²) in [6, 6.07) is 5.29. The SMILES string of the molecule is Cl.Cl.NCC1CCN(c2ccc(Cl)cc2C(N)=O)CC1. The number of carbonyl (C=O) groups is 1. The van der Waals surface area contributed by atoms with Crippen molar-refractivity contribution in [2.24, 2.45) is 17.4 Å². The quantitative estimate of drug-likeness (QED) is 0.887. The van der Waals surface area contributed by atoms with Gasteiger partial charge in [0.25, 0.3) is 5.91 Å². The van der Waals surface area contributed by atoms with E-state index in [-0.39, 0.29) is 24.8 Å². The Hall–Kier alpha value is -0.680. The Balaban J connectivity index is 0.00000180. The van der Waals surface area contributed by atoms with E-state index in [9.17, 15) is 4.79 Å². The predicted molar refractivity (Wildman–Crippen MR) is 88.5 cm³/mol. The van der Waals surface area contributed by atoms with Gasteiger partial charge in [0.2, 0.25) is 0 Å². The van der Waals surface area contributed by atoms with Crippen LogP contribution < -0.4 is 16.4 Å². The van der Waals surface area contributed by atoms with Gasteiger partial charge in [0.1, 0.15) is 0 Å². The number of nitrogens with zero attached hydrogens (tertiary/aromatic N) is 1. The van der Waals surface area contributed by atoms with E-state index >= 15 is 0 Å². The van der Waals surface area contributed by atoms with Gasteiger partial charge in [-0.25, -0.2) is 0 Å². The summed E-state index contributed by atoms with van der Waals surface area (Å²) >= 11 is 5.90. The highest BCUT2D eigenvalue weighted by atomic mass is 35.5. The van der Waals surface area contributed by atoms with E-state index in [2.05, 4.69) is 4.90 Å². The second kappa shape index (κ2) is 8.57. The Kier molecular flexibility index (Phi) is 8.28. The monoisotopic (exact) mass is 339 g/mol. The average molecular weight is 341 g/mol. The van der Waals surface area contributed by atoms with Crippen LogP contribution in [0.3, 0.4) is 0 Å². The normalized spacial score (nSPS) is 15.2. The molecule has 2 rings (SSSR count). The number of rotatable bonds is 3. The molecule has 0 unspecified atom stereocenters. The molecule has 1 amide bonds. The van der Waals surface area contributed by atoms with Crippen molar-refractivity contribution in [3.05, 3.63) is 28.8 Å². The van der Waals surface area contributed by atoms with E-state index in [1.165, 1.54) is 0 Å². The molecule has 1 aromatic rings. The van der Waals surface area contributed by atoms with Crippen molar-refractivity contribution in [1.29, 1.82) is 0 Å². The summed E-state index contributed by atoms with van der Waals surface area (Å²) in [5, 5.41) is 0.532. The van der Waals surface area contributed by atoms with Gasteiger partial charge in [0.15, 0.2) is 0 Å².